The zero-order valence-corrected chi connectivity index (χ0v) is 15.4. The molecule has 26 heavy (non-hydrogen) atoms. The number of anilines is 1. The lowest BCUT2D eigenvalue weighted by Crippen LogP contribution is -2.14. The zero-order chi connectivity index (χ0) is 18.5. The minimum Gasteiger partial charge on any atom is -0.496 e. The molecule has 3 aromatic rings. The van der Waals surface area contributed by atoms with Crippen LogP contribution in [0.4, 0.5) is 5.95 Å². The Bertz CT molecular complexity index is 896. The Hall–Kier alpha value is -3.15. The van der Waals surface area contributed by atoms with E-state index in [-0.39, 0.29) is 6.04 Å². The maximum absolute atomic E-state index is 5.53. The number of ether oxygens (including phenoxy) is 2. The van der Waals surface area contributed by atoms with Gasteiger partial charge in [-0.1, -0.05) is 24.3 Å². The third-order valence-electron chi connectivity index (χ3n) is 3.83. The maximum atomic E-state index is 5.53. The number of rotatable bonds is 6. The van der Waals surface area contributed by atoms with Crippen LogP contribution in [0.5, 0.6) is 11.5 Å². The molecule has 0 amide bonds. The molecule has 0 aliphatic rings. The first-order valence-electron chi connectivity index (χ1n) is 8.42. The van der Waals surface area contributed by atoms with Gasteiger partial charge in [-0.15, -0.1) is 10.2 Å². The van der Waals surface area contributed by atoms with E-state index in [1.54, 1.807) is 14.2 Å². The van der Waals surface area contributed by atoms with E-state index in [9.17, 15) is 0 Å². The van der Waals surface area contributed by atoms with Crippen molar-refractivity contribution < 1.29 is 9.47 Å². The van der Waals surface area contributed by atoms with E-state index in [0.717, 1.165) is 16.9 Å². The second kappa shape index (κ2) is 7.82. The largest absolute Gasteiger partial charge is 0.496 e. The predicted molar refractivity (Wildman–Crippen MR) is 103 cm³/mol. The van der Waals surface area contributed by atoms with Gasteiger partial charge in [0.2, 0.25) is 5.95 Å². The number of para-hydroxylation sites is 2. The SMILES string of the molecule is COc1ccccc1-c1nnc(NC(C)C)nc1-c1ccccc1OC. The maximum Gasteiger partial charge on any atom is 0.243 e. The minimum absolute atomic E-state index is 0.194. The van der Waals surface area contributed by atoms with Crippen molar-refractivity contribution in [2.45, 2.75) is 19.9 Å². The molecule has 134 valence electrons. The van der Waals surface area contributed by atoms with E-state index < -0.39 is 0 Å². The van der Waals surface area contributed by atoms with Gasteiger partial charge >= 0.3 is 0 Å². The Morgan fingerprint density at radius 1 is 0.769 bits per heavy atom. The van der Waals surface area contributed by atoms with Crippen molar-refractivity contribution in [3.63, 3.8) is 0 Å². The second-order valence-corrected chi connectivity index (χ2v) is 6.03. The number of benzene rings is 2. The fourth-order valence-corrected chi connectivity index (χ4v) is 2.70. The van der Waals surface area contributed by atoms with Gasteiger partial charge in [-0.25, -0.2) is 4.98 Å². The minimum atomic E-state index is 0.194. The van der Waals surface area contributed by atoms with Crippen LogP contribution >= 0.6 is 0 Å². The Balaban J connectivity index is 2.24. The monoisotopic (exact) mass is 350 g/mol. The average Bonchev–Trinajstić information content (AvgIpc) is 2.67. The lowest BCUT2D eigenvalue weighted by molar-refractivity contribution is 0.415. The fourth-order valence-electron chi connectivity index (χ4n) is 2.70. The van der Waals surface area contributed by atoms with Gasteiger partial charge in [0.1, 0.15) is 22.9 Å². The number of hydrogen-bond acceptors (Lipinski definition) is 6. The van der Waals surface area contributed by atoms with Crippen molar-refractivity contribution in [2.75, 3.05) is 19.5 Å². The number of methoxy groups -OCH3 is 2. The molecule has 1 heterocycles. The van der Waals surface area contributed by atoms with E-state index in [2.05, 4.69) is 15.5 Å². The second-order valence-electron chi connectivity index (χ2n) is 6.03. The van der Waals surface area contributed by atoms with Crippen LogP contribution in [-0.4, -0.2) is 35.4 Å². The van der Waals surface area contributed by atoms with Gasteiger partial charge < -0.3 is 14.8 Å². The quantitative estimate of drug-likeness (QED) is 0.723. The summed E-state index contributed by atoms with van der Waals surface area (Å²) < 4.78 is 11.0. The molecule has 0 aliphatic heterocycles. The molecule has 0 saturated carbocycles. The third-order valence-corrected chi connectivity index (χ3v) is 3.83. The van der Waals surface area contributed by atoms with Crippen molar-refractivity contribution in [3.05, 3.63) is 48.5 Å². The van der Waals surface area contributed by atoms with Crippen LogP contribution in [0.1, 0.15) is 13.8 Å². The van der Waals surface area contributed by atoms with Gasteiger partial charge in [0, 0.05) is 17.2 Å². The first kappa shape index (κ1) is 17.7. The molecular weight excluding hydrogens is 328 g/mol. The zero-order valence-electron chi connectivity index (χ0n) is 15.4. The summed E-state index contributed by atoms with van der Waals surface area (Å²) in [5, 5.41) is 11.9. The van der Waals surface area contributed by atoms with Crippen LogP contribution in [0.3, 0.4) is 0 Å². The average molecular weight is 350 g/mol. The van der Waals surface area contributed by atoms with Crippen LogP contribution in [0.2, 0.25) is 0 Å². The normalized spacial score (nSPS) is 10.7. The number of hydrogen-bond donors (Lipinski definition) is 1. The molecule has 2 aromatic carbocycles. The van der Waals surface area contributed by atoms with Gasteiger partial charge in [0.05, 0.1) is 14.2 Å². The van der Waals surface area contributed by atoms with Crippen molar-refractivity contribution in [2.24, 2.45) is 0 Å². The van der Waals surface area contributed by atoms with Crippen LogP contribution in [-0.2, 0) is 0 Å². The molecule has 0 bridgehead atoms. The highest BCUT2D eigenvalue weighted by Gasteiger charge is 2.19. The smallest absolute Gasteiger partial charge is 0.243 e. The first-order valence-corrected chi connectivity index (χ1v) is 8.42. The summed E-state index contributed by atoms with van der Waals surface area (Å²) in [5.74, 6) is 1.91. The molecule has 0 spiro atoms. The first-order chi connectivity index (χ1) is 12.6. The highest BCUT2D eigenvalue weighted by molar-refractivity contribution is 5.83. The summed E-state index contributed by atoms with van der Waals surface area (Å²) in [6.45, 7) is 4.06. The summed E-state index contributed by atoms with van der Waals surface area (Å²) >= 11 is 0. The summed E-state index contributed by atoms with van der Waals surface area (Å²) in [6.07, 6.45) is 0. The predicted octanol–water partition coefficient (Wildman–Crippen LogP) is 4.04. The van der Waals surface area contributed by atoms with Crippen molar-refractivity contribution in [1.29, 1.82) is 0 Å². The van der Waals surface area contributed by atoms with Crippen molar-refractivity contribution in [1.82, 2.24) is 15.2 Å². The highest BCUT2D eigenvalue weighted by Crippen LogP contribution is 2.38. The summed E-state index contributed by atoms with van der Waals surface area (Å²) in [7, 11) is 3.28. The van der Waals surface area contributed by atoms with Crippen LogP contribution in [0.15, 0.2) is 48.5 Å². The van der Waals surface area contributed by atoms with Crippen molar-refractivity contribution >= 4 is 5.95 Å². The molecule has 0 unspecified atom stereocenters. The molecule has 0 aliphatic carbocycles. The molecule has 6 heteroatoms. The van der Waals surface area contributed by atoms with Gasteiger partial charge in [0.25, 0.3) is 0 Å². The number of aromatic nitrogens is 3. The molecule has 0 radical (unpaired) electrons. The Morgan fingerprint density at radius 3 is 1.85 bits per heavy atom. The number of nitrogens with one attached hydrogen (secondary N) is 1. The summed E-state index contributed by atoms with van der Waals surface area (Å²) in [5.41, 5.74) is 3.00. The van der Waals surface area contributed by atoms with Crippen LogP contribution < -0.4 is 14.8 Å². The molecule has 0 fully saturated rings. The Morgan fingerprint density at radius 2 is 1.31 bits per heavy atom. The molecule has 1 N–H and O–H groups in total. The lowest BCUT2D eigenvalue weighted by atomic mass is 10.0. The third kappa shape index (κ3) is 3.59. The topological polar surface area (TPSA) is 69.2 Å². The Kier molecular flexibility index (Phi) is 5.31. The van der Waals surface area contributed by atoms with Gasteiger partial charge in [0.15, 0.2) is 0 Å². The van der Waals surface area contributed by atoms with Crippen molar-refractivity contribution in [3.8, 4) is 34.0 Å². The van der Waals surface area contributed by atoms with E-state index in [1.165, 1.54) is 0 Å². The van der Waals surface area contributed by atoms with Crippen LogP contribution in [0.25, 0.3) is 22.5 Å². The number of nitrogens with zero attached hydrogens (tertiary/aromatic N) is 3. The highest BCUT2D eigenvalue weighted by atomic mass is 16.5. The fraction of sp³-hybridized carbons (Fsp3) is 0.250. The molecular formula is C20H22N4O2. The summed E-state index contributed by atoms with van der Waals surface area (Å²) in [4.78, 5) is 4.72. The van der Waals surface area contributed by atoms with Gasteiger partial charge in [-0.3, -0.25) is 0 Å². The summed E-state index contributed by atoms with van der Waals surface area (Å²) in [6, 6.07) is 15.6. The van der Waals surface area contributed by atoms with E-state index in [1.807, 2.05) is 62.4 Å². The molecule has 3 rings (SSSR count). The molecule has 1 aromatic heterocycles. The Labute approximate surface area is 153 Å². The van der Waals surface area contributed by atoms with Crippen LogP contribution in [0, 0.1) is 0 Å². The van der Waals surface area contributed by atoms with Gasteiger partial charge in [-0.05, 0) is 38.1 Å². The van der Waals surface area contributed by atoms with Gasteiger partial charge in [-0.2, -0.15) is 0 Å². The molecule has 0 atom stereocenters. The standard InChI is InChI=1S/C20H22N4O2/c1-13(2)21-20-22-18(14-9-5-7-11-16(14)25-3)19(23-24-20)15-10-6-8-12-17(15)26-4/h5-13H,1-4H3,(H,21,22,24). The lowest BCUT2D eigenvalue weighted by Gasteiger charge is -2.15. The molecule has 6 nitrogen and oxygen atoms in total. The van der Waals surface area contributed by atoms with E-state index >= 15 is 0 Å². The molecule has 0 saturated heterocycles. The van der Waals surface area contributed by atoms with E-state index in [4.69, 9.17) is 14.5 Å². The van der Waals surface area contributed by atoms with E-state index in [0.29, 0.717) is 23.1 Å².